The van der Waals surface area contributed by atoms with Gasteiger partial charge in [-0.3, -0.25) is 19.1 Å². The molecule has 0 aliphatic rings. The van der Waals surface area contributed by atoms with Gasteiger partial charge in [-0.15, -0.1) is 11.8 Å². The van der Waals surface area contributed by atoms with E-state index >= 15 is 0 Å². The predicted molar refractivity (Wildman–Crippen MR) is 122 cm³/mol. The van der Waals surface area contributed by atoms with E-state index in [0.29, 0.717) is 24.6 Å². The number of ether oxygens (including phenoxy) is 1. The van der Waals surface area contributed by atoms with E-state index < -0.39 is 11.2 Å². The largest absolute Gasteiger partial charge is 0.385 e. The highest BCUT2D eigenvalue weighted by atomic mass is 35.5. The molecule has 1 aromatic carbocycles. The topological polar surface area (TPSA) is 110 Å². The van der Waals surface area contributed by atoms with Crippen molar-refractivity contribution in [3.63, 3.8) is 0 Å². The Balaban J connectivity index is 2.35. The van der Waals surface area contributed by atoms with Crippen molar-refractivity contribution in [1.82, 2.24) is 9.55 Å². The zero-order valence-electron chi connectivity index (χ0n) is 17.3. The Morgan fingerprint density at radius 3 is 2.57 bits per heavy atom. The minimum atomic E-state index is -0.681. The molecule has 0 aliphatic carbocycles. The Hall–Kier alpha value is -2.23. The molecule has 0 spiro atoms. The number of carbonyl (C=O) groups excluding carboxylic acids is 1. The van der Waals surface area contributed by atoms with Crippen LogP contribution < -0.4 is 21.9 Å². The Labute approximate surface area is 184 Å². The lowest BCUT2D eigenvalue weighted by Gasteiger charge is -2.25. The highest BCUT2D eigenvalue weighted by Gasteiger charge is 2.24. The molecule has 30 heavy (non-hydrogen) atoms. The van der Waals surface area contributed by atoms with E-state index in [1.54, 1.807) is 19.2 Å². The van der Waals surface area contributed by atoms with Crippen LogP contribution in [0.4, 0.5) is 11.5 Å². The summed E-state index contributed by atoms with van der Waals surface area (Å²) in [4.78, 5) is 42.4. The van der Waals surface area contributed by atoms with Crippen LogP contribution in [0.5, 0.6) is 0 Å². The zero-order chi connectivity index (χ0) is 22.3. The third-order valence-electron chi connectivity index (χ3n) is 4.24. The number of aromatic amines is 1. The fourth-order valence-corrected chi connectivity index (χ4v) is 3.77. The summed E-state index contributed by atoms with van der Waals surface area (Å²) in [5, 5.41) is 0.610. The van der Waals surface area contributed by atoms with Crippen LogP contribution in [-0.4, -0.2) is 41.5 Å². The number of benzene rings is 1. The maximum absolute atomic E-state index is 13.0. The number of nitrogens with zero attached hydrogens (tertiary/aromatic N) is 2. The van der Waals surface area contributed by atoms with Crippen molar-refractivity contribution >= 4 is 40.8 Å². The minimum Gasteiger partial charge on any atom is -0.385 e. The molecule has 0 saturated carbocycles. The van der Waals surface area contributed by atoms with Gasteiger partial charge in [-0.2, -0.15) is 0 Å². The van der Waals surface area contributed by atoms with Crippen LogP contribution in [0, 0.1) is 5.92 Å². The molecule has 2 aromatic rings. The number of hydrogen-bond acceptors (Lipinski definition) is 6. The van der Waals surface area contributed by atoms with Crippen molar-refractivity contribution < 1.29 is 9.53 Å². The summed E-state index contributed by atoms with van der Waals surface area (Å²) in [6.07, 6.45) is 0.510. The van der Waals surface area contributed by atoms with Gasteiger partial charge in [0, 0.05) is 36.7 Å². The Morgan fingerprint density at radius 2 is 1.97 bits per heavy atom. The summed E-state index contributed by atoms with van der Waals surface area (Å²) in [5.41, 5.74) is 4.92. The number of aromatic nitrogens is 2. The summed E-state index contributed by atoms with van der Waals surface area (Å²) in [6.45, 7) is 4.84. The molecule has 0 atom stereocenters. The molecule has 10 heteroatoms. The summed E-state index contributed by atoms with van der Waals surface area (Å²) >= 11 is 7.22. The predicted octanol–water partition coefficient (Wildman–Crippen LogP) is 2.59. The van der Waals surface area contributed by atoms with E-state index in [2.05, 4.69) is 4.98 Å². The fraction of sp³-hybridized carbons (Fsp3) is 0.450. The lowest BCUT2D eigenvalue weighted by Crippen LogP contribution is -2.42. The summed E-state index contributed by atoms with van der Waals surface area (Å²) < 4.78 is 6.37. The molecule has 1 aromatic heterocycles. The average molecular weight is 455 g/mol. The van der Waals surface area contributed by atoms with Gasteiger partial charge in [0.2, 0.25) is 5.91 Å². The van der Waals surface area contributed by atoms with Crippen LogP contribution in [0.25, 0.3) is 0 Å². The molecule has 0 unspecified atom stereocenters. The number of amides is 1. The number of methoxy groups -OCH3 is 1. The standard InChI is InChI=1S/C20H27ClN4O4S/c1-13(2)11-25-18(22)17(19(27)23-20(25)28)24(9-4-10-29-3)16(26)12-30-15-7-5-14(21)6-8-15/h5-8,13H,4,9-12,22H2,1-3H3,(H,23,27,28). The third-order valence-corrected chi connectivity index (χ3v) is 5.49. The van der Waals surface area contributed by atoms with Crippen molar-refractivity contribution in [1.29, 1.82) is 0 Å². The number of anilines is 2. The van der Waals surface area contributed by atoms with E-state index in [-0.39, 0.29) is 35.6 Å². The normalized spacial score (nSPS) is 11.1. The van der Waals surface area contributed by atoms with E-state index in [0.717, 1.165) is 4.90 Å². The van der Waals surface area contributed by atoms with Crippen molar-refractivity contribution in [3.8, 4) is 0 Å². The summed E-state index contributed by atoms with van der Waals surface area (Å²) in [6, 6.07) is 7.13. The van der Waals surface area contributed by atoms with Crippen LogP contribution in [0.2, 0.25) is 5.02 Å². The lowest BCUT2D eigenvalue weighted by atomic mass is 10.2. The van der Waals surface area contributed by atoms with Crippen LogP contribution in [0.15, 0.2) is 38.8 Å². The van der Waals surface area contributed by atoms with Crippen LogP contribution >= 0.6 is 23.4 Å². The monoisotopic (exact) mass is 454 g/mol. The second-order valence-electron chi connectivity index (χ2n) is 7.13. The number of rotatable bonds is 10. The molecule has 8 nitrogen and oxygen atoms in total. The lowest BCUT2D eigenvalue weighted by molar-refractivity contribution is -0.116. The number of nitrogens with one attached hydrogen (secondary N) is 1. The number of thioether (sulfide) groups is 1. The van der Waals surface area contributed by atoms with Gasteiger partial charge in [0.25, 0.3) is 5.56 Å². The molecule has 1 amide bonds. The molecule has 0 radical (unpaired) electrons. The highest BCUT2D eigenvalue weighted by molar-refractivity contribution is 8.00. The SMILES string of the molecule is COCCCN(C(=O)CSc1ccc(Cl)cc1)c1c(N)n(CC(C)C)c(=O)[nH]c1=O. The molecule has 1 heterocycles. The van der Waals surface area contributed by atoms with Crippen LogP contribution in [0.1, 0.15) is 20.3 Å². The van der Waals surface area contributed by atoms with Gasteiger partial charge in [0.15, 0.2) is 5.69 Å². The van der Waals surface area contributed by atoms with Gasteiger partial charge >= 0.3 is 5.69 Å². The number of carbonyl (C=O) groups is 1. The number of halogens is 1. The van der Waals surface area contributed by atoms with E-state index in [4.69, 9.17) is 22.1 Å². The first-order valence-electron chi connectivity index (χ1n) is 9.54. The van der Waals surface area contributed by atoms with Crippen molar-refractivity contribution in [2.24, 2.45) is 5.92 Å². The molecule has 0 fully saturated rings. The molecular weight excluding hydrogens is 428 g/mol. The highest BCUT2D eigenvalue weighted by Crippen LogP contribution is 2.23. The summed E-state index contributed by atoms with van der Waals surface area (Å²) in [5.74, 6) is -0.0869. The number of hydrogen-bond donors (Lipinski definition) is 2. The maximum atomic E-state index is 13.0. The Bertz CT molecular complexity index is 972. The minimum absolute atomic E-state index is 0.00643. The van der Waals surface area contributed by atoms with Crippen molar-refractivity contribution in [2.45, 2.75) is 31.7 Å². The third kappa shape index (κ3) is 6.38. The number of nitrogens with two attached hydrogens (primary N) is 1. The Kier molecular flexibility index (Phi) is 9.01. The maximum Gasteiger partial charge on any atom is 0.330 e. The molecule has 164 valence electrons. The molecule has 2 rings (SSSR count). The smallest absolute Gasteiger partial charge is 0.330 e. The molecule has 0 saturated heterocycles. The van der Waals surface area contributed by atoms with Gasteiger partial charge in [-0.25, -0.2) is 4.79 Å². The van der Waals surface area contributed by atoms with Crippen LogP contribution in [-0.2, 0) is 16.1 Å². The summed E-state index contributed by atoms with van der Waals surface area (Å²) in [7, 11) is 1.56. The van der Waals surface area contributed by atoms with Gasteiger partial charge in [0.05, 0.1) is 5.75 Å². The van der Waals surface area contributed by atoms with E-state index in [1.807, 2.05) is 26.0 Å². The van der Waals surface area contributed by atoms with Crippen molar-refractivity contribution in [2.75, 3.05) is 36.6 Å². The van der Waals surface area contributed by atoms with E-state index in [9.17, 15) is 14.4 Å². The zero-order valence-corrected chi connectivity index (χ0v) is 18.9. The number of nitrogen functional groups attached to an aromatic ring is 1. The fourth-order valence-electron chi connectivity index (χ4n) is 2.87. The average Bonchev–Trinajstić information content (AvgIpc) is 2.69. The van der Waals surface area contributed by atoms with Crippen molar-refractivity contribution in [3.05, 3.63) is 50.1 Å². The molecule has 0 aliphatic heterocycles. The van der Waals surface area contributed by atoms with Gasteiger partial charge < -0.3 is 15.4 Å². The van der Waals surface area contributed by atoms with E-state index in [1.165, 1.54) is 21.2 Å². The molecule has 3 N–H and O–H groups in total. The number of H-pyrrole nitrogens is 1. The Morgan fingerprint density at radius 1 is 1.30 bits per heavy atom. The molecular formula is C20H27ClN4O4S. The quantitative estimate of drug-likeness (QED) is 0.421. The molecule has 0 bridgehead atoms. The first-order chi connectivity index (χ1) is 14.2. The van der Waals surface area contributed by atoms with Gasteiger partial charge in [-0.1, -0.05) is 25.4 Å². The van der Waals surface area contributed by atoms with Crippen LogP contribution in [0.3, 0.4) is 0 Å². The van der Waals surface area contributed by atoms with Gasteiger partial charge in [0.1, 0.15) is 5.82 Å². The first-order valence-corrected chi connectivity index (χ1v) is 10.9. The second kappa shape index (κ2) is 11.2. The first kappa shape index (κ1) is 24.0. The van der Waals surface area contributed by atoms with Gasteiger partial charge in [-0.05, 0) is 36.6 Å². The second-order valence-corrected chi connectivity index (χ2v) is 8.62.